The number of carbonyl (C=O) groups is 6. The zero-order chi connectivity index (χ0) is 100. The Morgan fingerprint density at radius 1 is 0.188 bits per heavy atom. The summed E-state index contributed by atoms with van der Waals surface area (Å²) in [4.78, 5) is 85.1. The summed E-state index contributed by atoms with van der Waals surface area (Å²) < 4.78 is 174. The van der Waals surface area contributed by atoms with Crippen molar-refractivity contribution in [1.82, 2.24) is 0 Å². The number of hydrogen-bond donors (Lipinski definition) is 0. The molecule has 764 valence electrons. The first kappa shape index (κ1) is 107. The van der Waals surface area contributed by atoms with Gasteiger partial charge in [-0.15, -0.1) is 0 Å². The van der Waals surface area contributed by atoms with E-state index in [9.17, 15) is 28.8 Å². The van der Waals surface area contributed by atoms with Crippen LogP contribution in [0, 0.1) is 0 Å². The predicted octanol–water partition coefficient (Wildman–Crippen LogP) is 14.8. The van der Waals surface area contributed by atoms with Crippen LogP contribution in [0.15, 0.2) is 303 Å². The van der Waals surface area contributed by atoms with E-state index in [1.165, 1.54) is 41.5 Å². The van der Waals surface area contributed by atoms with Gasteiger partial charge in [0.25, 0.3) is 0 Å². The average Bonchev–Trinajstić information content (AvgIpc) is 0.684. The minimum Gasteiger partial charge on any atom is -0.457 e. The van der Waals surface area contributed by atoms with Gasteiger partial charge in [-0.3, -0.25) is 28.8 Å². The molecule has 15 rings (SSSR count). The van der Waals surface area contributed by atoms with Crippen molar-refractivity contribution >= 4 is 35.8 Å². The van der Waals surface area contributed by atoms with Gasteiger partial charge < -0.3 is 118 Å². The number of benzene rings is 10. The van der Waals surface area contributed by atoms with Crippen molar-refractivity contribution in [3.63, 3.8) is 0 Å². The van der Waals surface area contributed by atoms with Crippen LogP contribution in [-0.2, 0) is 213 Å². The van der Waals surface area contributed by atoms with Crippen LogP contribution in [-0.4, -0.2) is 222 Å². The molecule has 0 N–H and O–H groups in total. The SMILES string of the molecule is CC(=O)OC1C(OC(C)=O)[C@@H](OCc2ccccc2)C(COCc2ccccc2)O[C@@H]1OC1C(OC(C)=O)[C@@H](OCc2ccccc2)C(COCc2ccccc2)O[C@@H]1O[C@@H]1C(OCc2ccccc2)[C@@H](C)OC(CO[C@H]2OC(COCc3ccccc3)[C@@H](OCc3ccccc3)[C@H](OC(C)=O)C2O[C@H]2OC(COCc3ccccc3)[C@H](OCc3ccccc3)[C@H](OC(C)=O)C2OC(C)=O)[C@@H]1OCc1ccccc1. The third-order valence-corrected chi connectivity index (χ3v) is 24.6. The highest BCUT2D eigenvalue weighted by Crippen LogP contribution is 2.43. The Hall–Kier alpha value is -11.7. The molecular formula is C113H126O31. The summed E-state index contributed by atoms with van der Waals surface area (Å²) in [6.45, 7) is 7.29. The molecule has 144 heavy (non-hydrogen) atoms. The molecule has 10 aromatic carbocycles. The minimum absolute atomic E-state index is 0.0442. The van der Waals surface area contributed by atoms with Crippen LogP contribution in [0.4, 0.5) is 0 Å². The Balaban J connectivity index is 0.869. The summed E-state index contributed by atoms with van der Waals surface area (Å²) in [5.74, 6) is -4.90. The third kappa shape index (κ3) is 31.4. The normalized spacial score (nSPS) is 27.3. The van der Waals surface area contributed by atoms with E-state index in [0.29, 0.717) is 11.1 Å². The van der Waals surface area contributed by atoms with Gasteiger partial charge in [-0.1, -0.05) is 303 Å². The molecule has 31 nitrogen and oxygen atoms in total. The Kier molecular flexibility index (Phi) is 40.7. The van der Waals surface area contributed by atoms with E-state index >= 15 is 0 Å². The van der Waals surface area contributed by atoms with Gasteiger partial charge in [0, 0.05) is 41.5 Å². The summed E-state index contributed by atoms with van der Waals surface area (Å²) in [6.07, 6.45) is -36.9. The quantitative estimate of drug-likeness (QED) is 0.0252. The lowest BCUT2D eigenvalue weighted by atomic mass is 9.93. The topological polar surface area (TPSA) is 333 Å². The Morgan fingerprint density at radius 2 is 0.368 bits per heavy atom. The number of ether oxygens (including phenoxy) is 25. The minimum atomic E-state index is -1.84. The van der Waals surface area contributed by atoms with E-state index < -0.39 is 196 Å². The predicted molar refractivity (Wildman–Crippen MR) is 517 cm³/mol. The molecule has 0 aromatic heterocycles. The molecular weight excluding hydrogens is 1850 g/mol. The number of hydrogen-bond acceptors (Lipinski definition) is 31. The van der Waals surface area contributed by atoms with Crippen LogP contribution < -0.4 is 0 Å². The van der Waals surface area contributed by atoms with Crippen molar-refractivity contribution in [3.05, 3.63) is 359 Å². The highest BCUT2D eigenvalue weighted by Gasteiger charge is 2.61. The molecule has 0 amide bonds. The third-order valence-electron chi connectivity index (χ3n) is 24.6. The molecule has 0 bridgehead atoms. The van der Waals surface area contributed by atoms with Crippen molar-refractivity contribution in [2.45, 2.75) is 268 Å². The summed E-state index contributed by atoms with van der Waals surface area (Å²) in [5, 5.41) is 0. The van der Waals surface area contributed by atoms with E-state index in [4.69, 9.17) is 118 Å². The van der Waals surface area contributed by atoms with E-state index in [0.717, 1.165) is 44.5 Å². The molecule has 5 fully saturated rings. The molecule has 0 radical (unpaired) electrons. The van der Waals surface area contributed by atoms with E-state index in [2.05, 4.69) is 0 Å². The summed E-state index contributed by atoms with van der Waals surface area (Å²) >= 11 is 0. The second kappa shape index (κ2) is 55.0. The molecule has 5 aliphatic heterocycles. The molecule has 0 spiro atoms. The first-order valence-electron chi connectivity index (χ1n) is 48.5. The van der Waals surface area contributed by atoms with Gasteiger partial charge >= 0.3 is 35.8 Å². The lowest BCUT2D eigenvalue weighted by Gasteiger charge is -2.52. The van der Waals surface area contributed by atoms with Crippen LogP contribution in [0.25, 0.3) is 0 Å². The maximum atomic E-state index is 14.6. The highest BCUT2D eigenvalue weighted by molar-refractivity contribution is 5.69. The van der Waals surface area contributed by atoms with Crippen molar-refractivity contribution in [2.24, 2.45) is 0 Å². The van der Waals surface area contributed by atoms with E-state index in [1.54, 1.807) is 6.92 Å². The summed E-state index contributed by atoms with van der Waals surface area (Å²) in [7, 11) is 0. The van der Waals surface area contributed by atoms with Gasteiger partial charge in [0.1, 0.15) is 73.2 Å². The van der Waals surface area contributed by atoms with Gasteiger partial charge in [-0.05, 0) is 62.6 Å². The Labute approximate surface area is 838 Å². The molecule has 5 heterocycles. The highest BCUT2D eigenvalue weighted by atomic mass is 16.8. The fraction of sp³-hybridized carbons (Fsp3) is 0.416. The van der Waals surface area contributed by atoms with Crippen LogP contribution in [0.3, 0.4) is 0 Å². The number of rotatable bonds is 49. The molecule has 31 heteroatoms. The molecule has 0 saturated carbocycles. The van der Waals surface area contributed by atoms with Crippen LogP contribution in [0.5, 0.6) is 0 Å². The van der Waals surface area contributed by atoms with Gasteiger partial charge in [0.05, 0.1) is 105 Å². The van der Waals surface area contributed by atoms with Crippen molar-refractivity contribution in [3.8, 4) is 0 Å². The number of carbonyl (C=O) groups excluding carboxylic acids is 6. The van der Waals surface area contributed by atoms with Crippen LogP contribution >= 0.6 is 0 Å². The fourth-order valence-electron chi connectivity index (χ4n) is 18.1. The van der Waals surface area contributed by atoms with E-state index in [-0.39, 0.29) is 92.5 Å². The Bertz CT molecular complexity index is 5490. The zero-order valence-electron chi connectivity index (χ0n) is 81.6. The molecule has 0 aliphatic carbocycles. The van der Waals surface area contributed by atoms with Gasteiger partial charge in [0.2, 0.25) is 0 Å². The molecule has 25 atom stereocenters. The molecule has 12 unspecified atom stereocenters. The smallest absolute Gasteiger partial charge is 0.303 e. The second-order valence-electron chi connectivity index (χ2n) is 35.7. The molecule has 5 aliphatic rings. The maximum absolute atomic E-state index is 14.6. The molecule has 10 aromatic rings. The summed E-state index contributed by atoms with van der Waals surface area (Å²) in [6, 6.07) is 93.6. The first-order chi connectivity index (χ1) is 70.2. The van der Waals surface area contributed by atoms with Gasteiger partial charge in [-0.2, -0.15) is 0 Å². The van der Waals surface area contributed by atoms with Crippen LogP contribution in [0.1, 0.15) is 104 Å². The summed E-state index contributed by atoms with van der Waals surface area (Å²) in [5.41, 5.74) is 7.57. The lowest BCUT2D eigenvalue weighted by molar-refractivity contribution is -0.392. The van der Waals surface area contributed by atoms with Gasteiger partial charge in [-0.25, -0.2) is 0 Å². The van der Waals surface area contributed by atoms with Crippen molar-refractivity contribution < 1.29 is 147 Å². The largest absolute Gasteiger partial charge is 0.457 e. The first-order valence-corrected chi connectivity index (χ1v) is 48.5. The van der Waals surface area contributed by atoms with E-state index in [1.807, 2.05) is 303 Å². The van der Waals surface area contributed by atoms with Crippen molar-refractivity contribution in [1.29, 1.82) is 0 Å². The second-order valence-corrected chi connectivity index (χ2v) is 35.7. The number of esters is 6. The zero-order valence-corrected chi connectivity index (χ0v) is 81.6. The average molecular weight is 1980 g/mol. The maximum Gasteiger partial charge on any atom is 0.303 e. The van der Waals surface area contributed by atoms with Crippen molar-refractivity contribution in [2.75, 3.05) is 33.0 Å². The standard InChI is InChI=1S/C113H126O31/c1-73-95(124-62-84-46-26-12-27-47-84)101(142-113-109(105(135-77(5)117)99(128-66-88-54-34-16-35-55-88)93(141-113)71-123-61-83-44-24-11-25-45-83)144-112-108(137-79(7)119)104(134-76(4)116)98(127-65-87-52-32-15-33-53-87)92(140-112)70-122-60-82-42-22-10-23-43-82)100(129-67-89-56-36-17-37-57-89)94(131-73)72-130-110-106(102(132-74(2)114)96(125-63-85-48-28-13-29-49-85)90(138-110)68-120-58-80-38-18-8-19-39-80)143-111-107(136-78(6)118)103(133-75(3)115)97(126-64-86-50-30-14-31-51-86)91(139-111)69-121-59-81-40-20-9-21-41-81/h8-57,73,90-113H,58-72H2,1-7H3/t73-,90?,91?,92?,93?,94?,95?,96-,97+,98+,99+,100+,101-,102+,103+,104?,105?,106?,107?,108?,109?,110+,111-,112-,113-/m1/s1. The fourth-order valence-corrected chi connectivity index (χ4v) is 18.1. The van der Waals surface area contributed by atoms with Crippen LogP contribution in [0.2, 0.25) is 0 Å². The molecule has 5 saturated heterocycles. The van der Waals surface area contributed by atoms with Gasteiger partial charge in [0.15, 0.2) is 74.0 Å². The lowest BCUT2D eigenvalue weighted by Crippen LogP contribution is -2.69. The monoisotopic (exact) mass is 1980 g/mol. The Morgan fingerprint density at radius 3 is 0.611 bits per heavy atom.